The molecule has 0 aliphatic heterocycles. The molecule has 7 heteroatoms. The average Bonchev–Trinajstić information content (AvgIpc) is 2.28. The molecule has 1 aromatic carbocycles. The summed E-state index contributed by atoms with van der Waals surface area (Å²) in [6.45, 7) is 2.09. The maximum absolute atomic E-state index is 12.1. The van der Waals surface area contributed by atoms with E-state index in [4.69, 9.17) is 5.73 Å². The fourth-order valence-electron chi connectivity index (χ4n) is 2.20. The van der Waals surface area contributed by atoms with Crippen molar-refractivity contribution >= 4 is 11.6 Å². The Bertz CT molecular complexity index is 511. The second-order valence-corrected chi connectivity index (χ2v) is 5.05. The van der Waals surface area contributed by atoms with Gasteiger partial charge in [0.2, 0.25) is 0 Å². The van der Waals surface area contributed by atoms with E-state index >= 15 is 0 Å². The summed E-state index contributed by atoms with van der Waals surface area (Å²) in [4.78, 5) is 11.9. The summed E-state index contributed by atoms with van der Waals surface area (Å²) in [5.74, 6) is -0.258. The van der Waals surface area contributed by atoms with Crippen molar-refractivity contribution in [2.45, 2.75) is 32.2 Å². The number of nitrogen functional groups attached to an aromatic ring is 1. The molecule has 110 valence electrons. The van der Waals surface area contributed by atoms with Gasteiger partial charge in [-0.3, -0.25) is 4.79 Å². The monoisotopic (exact) mass is 288 g/mol. The van der Waals surface area contributed by atoms with Crippen molar-refractivity contribution in [1.29, 1.82) is 0 Å². The number of nitrogens with one attached hydrogen (secondary N) is 1. The highest BCUT2D eigenvalue weighted by molar-refractivity contribution is 5.95. The predicted molar refractivity (Wildman–Crippen MR) is 67.2 cm³/mol. The summed E-state index contributed by atoms with van der Waals surface area (Å²) in [5, 5.41) is 2.80. The van der Waals surface area contributed by atoms with Gasteiger partial charge in [-0.25, -0.2) is 0 Å². The normalized spacial score (nSPS) is 22.0. The molecule has 4 nitrogen and oxygen atoms in total. The molecule has 0 atom stereocenters. The molecule has 1 saturated carbocycles. The zero-order valence-corrected chi connectivity index (χ0v) is 10.8. The van der Waals surface area contributed by atoms with Crippen LogP contribution in [0.15, 0.2) is 18.2 Å². The van der Waals surface area contributed by atoms with Crippen LogP contribution in [-0.4, -0.2) is 18.3 Å². The summed E-state index contributed by atoms with van der Waals surface area (Å²) in [6.07, 6.45) is -2.98. The van der Waals surface area contributed by atoms with Gasteiger partial charge in [-0.15, -0.1) is 13.2 Å². The SMILES string of the molecule is CC1CC(NC(=O)c2ccc(OC(F)(F)F)c(N)c2)C1. The van der Waals surface area contributed by atoms with Crippen molar-refractivity contribution in [2.24, 2.45) is 5.92 Å². The van der Waals surface area contributed by atoms with E-state index in [-0.39, 0.29) is 23.2 Å². The van der Waals surface area contributed by atoms with Crippen molar-refractivity contribution in [3.63, 3.8) is 0 Å². The summed E-state index contributed by atoms with van der Waals surface area (Å²) < 4.78 is 40.0. The van der Waals surface area contributed by atoms with Gasteiger partial charge in [0.15, 0.2) is 5.75 Å². The minimum atomic E-state index is -4.81. The number of ether oxygens (including phenoxy) is 1. The highest BCUT2D eigenvalue weighted by Gasteiger charge is 2.32. The fourth-order valence-corrected chi connectivity index (χ4v) is 2.20. The molecule has 1 aliphatic carbocycles. The molecule has 1 fully saturated rings. The Morgan fingerprint density at radius 2 is 2.05 bits per heavy atom. The van der Waals surface area contributed by atoms with Crippen LogP contribution in [0.1, 0.15) is 30.1 Å². The number of rotatable bonds is 3. The number of carbonyl (C=O) groups excluding carboxylic acids is 1. The summed E-state index contributed by atoms with van der Waals surface area (Å²) in [5.41, 5.74) is 5.45. The molecular formula is C13H15F3N2O2. The fraction of sp³-hybridized carbons (Fsp3) is 0.462. The minimum absolute atomic E-state index is 0.129. The van der Waals surface area contributed by atoms with Gasteiger partial charge < -0.3 is 15.8 Å². The first-order valence-corrected chi connectivity index (χ1v) is 6.21. The van der Waals surface area contributed by atoms with Crippen LogP contribution in [0.25, 0.3) is 0 Å². The zero-order chi connectivity index (χ0) is 14.9. The highest BCUT2D eigenvalue weighted by atomic mass is 19.4. The van der Waals surface area contributed by atoms with Crippen LogP contribution < -0.4 is 15.8 Å². The van der Waals surface area contributed by atoms with Crippen molar-refractivity contribution in [1.82, 2.24) is 5.32 Å². The maximum Gasteiger partial charge on any atom is 0.573 e. The van der Waals surface area contributed by atoms with Crippen LogP contribution >= 0.6 is 0 Å². The van der Waals surface area contributed by atoms with E-state index in [1.807, 2.05) is 0 Å². The lowest BCUT2D eigenvalue weighted by atomic mass is 9.82. The molecule has 0 bridgehead atoms. The quantitative estimate of drug-likeness (QED) is 0.840. The van der Waals surface area contributed by atoms with E-state index < -0.39 is 12.1 Å². The minimum Gasteiger partial charge on any atom is -0.404 e. The van der Waals surface area contributed by atoms with E-state index in [1.165, 1.54) is 12.1 Å². The topological polar surface area (TPSA) is 64.3 Å². The molecule has 3 N–H and O–H groups in total. The van der Waals surface area contributed by atoms with E-state index in [1.54, 1.807) is 0 Å². The standard InChI is InChI=1S/C13H15F3N2O2/c1-7-4-9(5-7)18-12(19)8-2-3-11(10(17)6-8)20-13(14,15)16/h2-3,6-7,9H,4-5,17H2,1H3,(H,18,19). The van der Waals surface area contributed by atoms with E-state index in [0.29, 0.717) is 5.92 Å². The van der Waals surface area contributed by atoms with Crippen LogP contribution in [0.5, 0.6) is 5.75 Å². The number of benzene rings is 1. The average molecular weight is 288 g/mol. The third-order valence-electron chi connectivity index (χ3n) is 3.21. The number of alkyl halides is 3. The number of nitrogens with two attached hydrogens (primary N) is 1. The van der Waals surface area contributed by atoms with Crippen molar-refractivity contribution in [3.8, 4) is 5.75 Å². The van der Waals surface area contributed by atoms with Gasteiger partial charge in [0, 0.05) is 11.6 Å². The van der Waals surface area contributed by atoms with Crippen molar-refractivity contribution < 1.29 is 22.7 Å². The molecule has 0 radical (unpaired) electrons. The van der Waals surface area contributed by atoms with Crippen molar-refractivity contribution in [2.75, 3.05) is 5.73 Å². The van der Waals surface area contributed by atoms with Crippen molar-refractivity contribution in [3.05, 3.63) is 23.8 Å². The first-order valence-electron chi connectivity index (χ1n) is 6.21. The molecule has 1 aliphatic rings. The Labute approximate surface area is 114 Å². The smallest absolute Gasteiger partial charge is 0.404 e. The second kappa shape index (κ2) is 5.22. The van der Waals surface area contributed by atoms with Crippen LogP contribution in [0.2, 0.25) is 0 Å². The summed E-state index contributed by atoms with van der Waals surface area (Å²) in [6, 6.07) is 3.61. The molecule has 1 aromatic rings. The van der Waals surface area contributed by atoms with Gasteiger partial charge in [-0.1, -0.05) is 6.92 Å². The van der Waals surface area contributed by atoms with Gasteiger partial charge in [0.05, 0.1) is 5.69 Å². The van der Waals surface area contributed by atoms with E-state index in [0.717, 1.165) is 18.9 Å². The first kappa shape index (κ1) is 14.5. The molecule has 0 spiro atoms. The van der Waals surface area contributed by atoms with Crippen LogP contribution in [0.4, 0.5) is 18.9 Å². The number of hydrogen-bond acceptors (Lipinski definition) is 3. The molecule has 20 heavy (non-hydrogen) atoms. The van der Waals surface area contributed by atoms with Crippen LogP contribution in [0.3, 0.4) is 0 Å². The second-order valence-electron chi connectivity index (χ2n) is 5.05. The molecule has 1 amide bonds. The molecule has 0 saturated heterocycles. The molecule has 2 rings (SSSR count). The Kier molecular flexibility index (Phi) is 3.78. The highest BCUT2D eigenvalue weighted by Crippen LogP contribution is 2.30. The van der Waals surface area contributed by atoms with Gasteiger partial charge in [-0.2, -0.15) is 0 Å². The van der Waals surface area contributed by atoms with E-state index in [2.05, 4.69) is 17.0 Å². The Morgan fingerprint density at radius 3 is 2.55 bits per heavy atom. The molecular weight excluding hydrogens is 273 g/mol. The number of hydrogen-bond donors (Lipinski definition) is 2. The van der Waals surface area contributed by atoms with Crippen LogP contribution in [-0.2, 0) is 0 Å². The third-order valence-corrected chi connectivity index (χ3v) is 3.21. The number of amides is 1. The Balaban J connectivity index is 2.02. The number of anilines is 1. The van der Waals surface area contributed by atoms with Gasteiger partial charge in [0.25, 0.3) is 5.91 Å². The zero-order valence-electron chi connectivity index (χ0n) is 10.8. The van der Waals surface area contributed by atoms with Gasteiger partial charge in [0.1, 0.15) is 0 Å². The van der Waals surface area contributed by atoms with Crippen LogP contribution in [0, 0.1) is 5.92 Å². The van der Waals surface area contributed by atoms with Gasteiger partial charge in [-0.05, 0) is 37.0 Å². The lowest BCUT2D eigenvalue weighted by Crippen LogP contribution is -2.43. The first-order chi connectivity index (χ1) is 9.24. The lowest BCUT2D eigenvalue weighted by Gasteiger charge is -2.33. The van der Waals surface area contributed by atoms with Gasteiger partial charge >= 0.3 is 6.36 Å². The third kappa shape index (κ3) is 3.55. The predicted octanol–water partition coefficient (Wildman–Crippen LogP) is 2.70. The summed E-state index contributed by atoms with van der Waals surface area (Å²) >= 11 is 0. The largest absolute Gasteiger partial charge is 0.573 e. The molecule has 0 heterocycles. The Morgan fingerprint density at radius 1 is 1.40 bits per heavy atom. The number of halogens is 3. The lowest BCUT2D eigenvalue weighted by molar-refractivity contribution is -0.274. The maximum atomic E-state index is 12.1. The molecule has 0 aromatic heterocycles. The Hall–Kier alpha value is -1.92. The number of carbonyl (C=O) groups is 1. The summed E-state index contributed by atoms with van der Waals surface area (Å²) in [7, 11) is 0. The van der Waals surface area contributed by atoms with E-state index in [9.17, 15) is 18.0 Å². The molecule has 0 unspecified atom stereocenters.